The van der Waals surface area contributed by atoms with E-state index in [1.165, 1.54) is 37.3 Å². The predicted octanol–water partition coefficient (Wildman–Crippen LogP) is 4.46. The van der Waals surface area contributed by atoms with E-state index in [9.17, 15) is 12.8 Å². The number of ether oxygens (including phenoxy) is 1. The van der Waals surface area contributed by atoms with Gasteiger partial charge >= 0.3 is 0 Å². The van der Waals surface area contributed by atoms with Gasteiger partial charge in [0.25, 0.3) is 0 Å². The number of benzene rings is 2. The van der Waals surface area contributed by atoms with Crippen molar-refractivity contribution in [2.45, 2.75) is 55.2 Å². The van der Waals surface area contributed by atoms with Crippen molar-refractivity contribution in [2.75, 3.05) is 6.26 Å². The maximum Gasteiger partial charge on any atom is 0.175 e. The fourth-order valence-corrected chi connectivity index (χ4v) is 5.08. The van der Waals surface area contributed by atoms with Crippen LogP contribution in [0.2, 0.25) is 5.02 Å². The van der Waals surface area contributed by atoms with Gasteiger partial charge in [0.05, 0.1) is 10.9 Å². The molecule has 0 aliphatic heterocycles. The number of nitrogens with one attached hydrogen (secondary N) is 1. The highest BCUT2D eigenvalue weighted by Gasteiger charge is 2.38. The zero-order valence-corrected chi connectivity index (χ0v) is 17.2. The minimum Gasteiger partial charge on any atom is -0.484 e. The van der Waals surface area contributed by atoms with Gasteiger partial charge in [0.15, 0.2) is 9.84 Å². The number of hydrogen-bond donors (Lipinski definition) is 1. The lowest BCUT2D eigenvalue weighted by Gasteiger charge is -2.26. The lowest BCUT2D eigenvalue weighted by molar-refractivity contribution is 0.160. The van der Waals surface area contributed by atoms with Crippen molar-refractivity contribution in [3.05, 3.63) is 58.4 Å². The molecule has 2 aromatic carbocycles. The normalized spacial score (nSPS) is 22.4. The highest BCUT2D eigenvalue weighted by molar-refractivity contribution is 7.90. The molecular formula is C21H23ClFNO3S. The van der Waals surface area contributed by atoms with Gasteiger partial charge in [0.2, 0.25) is 0 Å². The molecule has 2 aliphatic carbocycles. The Morgan fingerprint density at radius 3 is 2.46 bits per heavy atom. The summed E-state index contributed by atoms with van der Waals surface area (Å²) in [6, 6.07) is 9.81. The highest BCUT2D eigenvalue weighted by atomic mass is 35.5. The second kappa shape index (κ2) is 7.65. The molecule has 0 bridgehead atoms. The molecule has 1 saturated carbocycles. The van der Waals surface area contributed by atoms with E-state index in [1.807, 2.05) is 0 Å². The molecule has 2 atom stereocenters. The number of halogens is 2. The van der Waals surface area contributed by atoms with Gasteiger partial charge in [-0.05, 0) is 61.2 Å². The summed E-state index contributed by atoms with van der Waals surface area (Å²) in [7, 11) is -3.27. The fourth-order valence-electron chi connectivity index (χ4n) is 4.24. The molecule has 0 aromatic heterocycles. The Kier molecular flexibility index (Phi) is 5.38. The molecule has 0 spiro atoms. The third-order valence-electron chi connectivity index (χ3n) is 5.61. The monoisotopic (exact) mass is 423 g/mol. The smallest absolute Gasteiger partial charge is 0.175 e. The van der Waals surface area contributed by atoms with Crippen LogP contribution in [0, 0.1) is 5.82 Å². The Morgan fingerprint density at radius 2 is 1.82 bits per heavy atom. The van der Waals surface area contributed by atoms with Crippen LogP contribution < -0.4 is 10.1 Å². The first-order valence-electron chi connectivity index (χ1n) is 9.52. The molecule has 0 heterocycles. The lowest BCUT2D eigenvalue weighted by Crippen LogP contribution is -2.41. The number of hydrogen-bond acceptors (Lipinski definition) is 4. The van der Waals surface area contributed by atoms with E-state index in [2.05, 4.69) is 5.32 Å². The molecule has 28 heavy (non-hydrogen) atoms. The fraction of sp³-hybridized carbons (Fsp3) is 0.429. The zero-order chi connectivity index (χ0) is 19.9. The summed E-state index contributed by atoms with van der Waals surface area (Å²) in [5.41, 5.74) is 1.39. The molecule has 2 aliphatic rings. The number of fused-ring (bicyclic) bond motifs is 1. The van der Waals surface area contributed by atoms with Crippen molar-refractivity contribution in [3.8, 4) is 5.75 Å². The average Bonchev–Trinajstić information content (AvgIpc) is 3.25. The Bertz CT molecular complexity index is 972. The van der Waals surface area contributed by atoms with Crippen molar-refractivity contribution in [1.29, 1.82) is 0 Å². The molecular weight excluding hydrogens is 401 g/mol. The molecule has 0 saturated heterocycles. The van der Waals surface area contributed by atoms with Crippen LogP contribution in [0.1, 0.15) is 42.9 Å². The third kappa shape index (κ3) is 4.04. The van der Waals surface area contributed by atoms with E-state index < -0.39 is 9.84 Å². The van der Waals surface area contributed by atoms with Crippen LogP contribution in [-0.4, -0.2) is 26.8 Å². The second-order valence-electron chi connectivity index (χ2n) is 7.70. The van der Waals surface area contributed by atoms with Crippen molar-refractivity contribution in [3.63, 3.8) is 0 Å². The minimum atomic E-state index is -3.27. The largest absolute Gasteiger partial charge is 0.484 e. The molecule has 150 valence electrons. The molecule has 7 heteroatoms. The van der Waals surface area contributed by atoms with E-state index in [0.29, 0.717) is 28.8 Å². The van der Waals surface area contributed by atoms with Gasteiger partial charge in [-0.15, -0.1) is 0 Å². The Balaban J connectivity index is 1.63. The third-order valence-corrected chi connectivity index (χ3v) is 6.96. The van der Waals surface area contributed by atoms with Gasteiger partial charge < -0.3 is 10.1 Å². The first-order valence-corrected chi connectivity index (χ1v) is 11.8. The molecule has 2 aromatic rings. The SMILES string of the molecule is CS(=O)(=O)c1ccc(O[C@H]2c3cc(Cl)cc(F)c3C[C@@H]2NC2CCCC2)cc1. The van der Waals surface area contributed by atoms with Gasteiger partial charge in [-0.25, -0.2) is 12.8 Å². The van der Waals surface area contributed by atoms with E-state index in [4.69, 9.17) is 16.3 Å². The van der Waals surface area contributed by atoms with Crippen LogP contribution in [0.5, 0.6) is 5.75 Å². The van der Waals surface area contributed by atoms with Crippen LogP contribution >= 0.6 is 11.6 Å². The summed E-state index contributed by atoms with van der Waals surface area (Å²) in [6.07, 6.45) is 5.97. The zero-order valence-electron chi connectivity index (χ0n) is 15.6. The predicted molar refractivity (Wildman–Crippen MR) is 107 cm³/mol. The Hall–Kier alpha value is -1.63. The van der Waals surface area contributed by atoms with E-state index >= 15 is 0 Å². The maximum atomic E-state index is 14.5. The molecule has 4 nitrogen and oxygen atoms in total. The van der Waals surface area contributed by atoms with Crippen LogP contribution in [0.25, 0.3) is 0 Å². The van der Waals surface area contributed by atoms with Gasteiger partial charge in [0.1, 0.15) is 17.7 Å². The summed E-state index contributed by atoms with van der Waals surface area (Å²) < 4.78 is 44.1. The number of rotatable bonds is 5. The summed E-state index contributed by atoms with van der Waals surface area (Å²) in [4.78, 5) is 0.237. The summed E-state index contributed by atoms with van der Waals surface area (Å²) >= 11 is 6.10. The standard InChI is InChI=1S/C21H23ClFNO3S/c1-28(25,26)16-8-6-15(7-9-16)27-21-18-10-13(22)11-19(23)17(18)12-20(21)24-14-4-2-3-5-14/h6-11,14,20-21,24H,2-5,12H2,1H3/t20-,21-/m0/s1. The Morgan fingerprint density at radius 1 is 1.14 bits per heavy atom. The van der Waals surface area contributed by atoms with Crippen LogP contribution in [0.3, 0.4) is 0 Å². The Labute approximate surface area is 170 Å². The van der Waals surface area contributed by atoms with E-state index in [-0.39, 0.29) is 22.9 Å². The topological polar surface area (TPSA) is 55.4 Å². The van der Waals surface area contributed by atoms with Crippen molar-refractivity contribution in [2.24, 2.45) is 0 Å². The molecule has 0 amide bonds. The molecule has 1 fully saturated rings. The maximum absolute atomic E-state index is 14.5. The van der Waals surface area contributed by atoms with Gasteiger partial charge in [0, 0.05) is 22.9 Å². The summed E-state index contributed by atoms with van der Waals surface area (Å²) in [6.45, 7) is 0. The van der Waals surface area contributed by atoms with E-state index in [1.54, 1.807) is 18.2 Å². The van der Waals surface area contributed by atoms with Crippen molar-refractivity contribution < 1.29 is 17.5 Å². The first kappa shape index (κ1) is 19.7. The van der Waals surface area contributed by atoms with Crippen LogP contribution in [-0.2, 0) is 16.3 Å². The second-order valence-corrected chi connectivity index (χ2v) is 10.1. The average molecular weight is 424 g/mol. The quantitative estimate of drug-likeness (QED) is 0.771. The molecule has 0 unspecified atom stereocenters. The summed E-state index contributed by atoms with van der Waals surface area (Å²) in [5, 5.41) is 3.99. The highest BCUT2D eigenvalue weighted by Crippen LogP contribution is 2.39. The summed E-state index contributed by atoms with van der Waals surface area (Å²) in [5.74, 6) is 0.239. The lowest BCUT2D eigenvalue weighted by atomic mass is 10.1. The van der Waals surface area contributed by atoms with Crippen LogP contribution in [0.4, 0.5) is 4.39 Å². The van der Waals surface area contributed by atoms with Gasteiger partial charge in [-0.1, -0.05) is 24.4 Å². The first-order chi connectivity index (χ1) is 13.3. The van der Waals surface area contributed by atoms with Crippen LogP contribution in [0.15, 0.2) is 41.3 Å². The van der Waals surface area contributed by atoms with Gasteiger partial charge in [-0.3, -0.25) is 0 Å². The van der Waals surface area contributed by atoms with Gasteiger partial charge in [-0.2, -0.15) is 0 Å². The van der Waals surface area contributed by atoms with Crippen molar-refractivity contribution in [1.82, 2.24) is 5.32 Å². The molecule has 0 radical (unpaired) electrons. The van der Waals surface area contributed by atoms with E-state index in [0.717, 1.165) is 18.4 Å². The number of sulfone groups is 1. The minimum absolute atomic E-state index is 0.0550. The molecule has 4 rings (SSSR count). The molecule has 1 N–H and O–H groups in total. The van der Waals surface area contributed by atoms with Crippen molar-refractivity contribution >= 4 is 21.4 Å².